The highest BCUT2D eigenvalue weighted by atomic mass is 35.5. The molecule has 0 amide bonds. The zero-order chi connectivity index (χ0) is 26.3. The topological polar surface area (TPSA) is 51.6 Å². The van der Waals surface area contributed by atoms with E-state index in [1.807, 2.05) is 60.8 Å². The lowest BCUT2D eigenvalue weighted by Gasteiger charge is -2.30. The van der Waals surface area contributed by atoms with Crippen LogP contribution < -0.4 is 19.7 Å². The molecule has 1 saturated heterocycles. The van der Waals surface area contributed by atoms with Gasteiger partial charge >= 0.3 is 0 Å². The third-order valence-corrected chi connectivity index (χ3v) is 7.66. The van der Waals surface area contributed by atoms with Crippen molar-refractivity contribution in [2.45, 2.75) is 32.9 Å². The average Bonchev–Trinajstić information content (AvgIpc) is 3.35. The van der Waals surface area contributed by atoms with Crippen LogP contribution in [0.15, 0.2) is 66.9 Å². The summed E-state index contributed by atoms with van der Waals surface area (Å²) in [5, 5.41) is 4.85. The zero-order valence-corrected chi connectivity index (χ0v) is 23.0. The van der Waals surface area contributed by atoms with Crippen molar-refractivity contribution in [2.75, 3.05) is 19.1 Å². The number of thiocarbonyl (C=S) groups is 1. The van der Waals surface area contributed by atoms with Crippen LogP contribution in [0.25, 0.3) is 5.69 Å². The van der Waals surface area contributed by atoms with Crippen LogP contribution >= 0.6 is 23.8 Å². The molecule has 0 radical (unpaired) electrons. The predicted octanol–water partition coefficient (Wildman–Crippen LogP) is 6.65. The third kappa shape index (κ3) is 4.32. The maximum Gasteiger partial charge on any atom is 0.174 e. The first-order valence-electron chi connectivity index (χ1n) is 12.0. The minimum absolute atomic E-state index is 0.184. The van der Waals surface area contributed by atoms with Crippen molar-refractivity contribution in [1.29, 1.82) is 0 Å². The van der Waals surface area contributed by atoms with Crippen LogP contribution in [-0.2, 0) is 0 Å². The molecule has 2 aromatic carbocycles. The van der Waals surface area contributed by atoms with Gasteiger partial charge in [0.25, 0.3) is 0 Å². The molecule has 4 aromatic rings. The number of benzene rings is 2. The number of anilines is 1. The molecule has 0 saturated carbocycles. The predicted molar refractivity (Wildman–Crippen MR) is 152 cm³/mol. The van der Waals surface area contributed by atoms with Gasteiger partial charge in [0.15, 0.2) is 5.11 Å². The molecule has 1 N–H and O–H groups in total. The van der Waals surface area contributed by atoms with Crippen molar-refractivity contribution in [1.82, 2.24) is 14.9 Å². The van der Waals surface area contributed by atoms with Gasteiger partial charge in [0.2, 0.25) is 0 Å². The maximum absolute atomic E-state index is 6.38. The van der Waals surface area contributed by atoms with E-state index in [1.165, 1.54) is 11.1 Å². The first-order valence-corrected chi connectivity index (χ1v) is 12.8. The summed E-state index contributed by atoms with van der Waals surface area (Å²) in [6.07, 6.45) is 1.81. The van der Waals surface area contributed by atoms with Gasteiger partial charge in [-0.05, 0) is 81.0 Å². The van der Waals surface area contributed by atoms with Gasteiger partial charge in [0, 0.05) is 39.9 Å². The van der Waals surface area contributed by atoms with E-state index in [0.717, 1.165) is 34.2 Å². The molecule has 2 aromatic heterocycles. The zero-order valence-electron chi connectivity index (χ0n) is 21.4. The van der Waals surface area contributed by atoms with Crippen LogP contribution in [0.4, 0.5) is 5.69 Å². The number of rotatable bonds is 6. The molecule has 190 valence electrons. The quantitative estimate of drug-likeness (QED) is 0.281. The lowest BCUT2D eigenvalue weighted by Crippen LogP contribution is -2.30. The number of pyridine rings is 1. The van der Waals surface area contributed by atoms with Crippen LogP contribution in [0.5, 0.6) is 11.5 Å². The van der Waals surface area contributed by atoms with Gasteiger partial charge in [-0.25, -0.2) is 0 Å². The summed E-state index contributed by atoms with van der Waals surface area (Å²) in [7, 11) is 3.32. The summed E-state index contributed by atoms with van der Waals surface area (Å²) >= 11 is 12.3. The summed E-state index contributed by atoms with van der Waals surface area (Å²) in [6.45, 7) is 6.45. The Kier molecular flexibility index (Phi) is 6.84. The molecule has 8 heteroatoms. The number of hydrogen-bond acceptors (Lipinski definition) is 4. The highest BCUT2D eigenvalue weighted by Crippen LogP contribution is 2.48. The highest BCUT2D eigenvalue weighted by molar-refractivity contribution is 7.80. The molecule has 0 spiro atoms. The van der Waals surface area contributed by atoms with Crippen molar-refractivity contribution in [3.05, 3.63) is 100 Å². The fraction of sp³-hybridized carbons (Fsp3) is 0.241. The fourth-order valence-electron chi connectivity index (χ4n) is 5.34. The van der Waals surface area contributed by atoms with Crippen LogP contribution in [0.2, 0.25) is 5.02 Å². The number of hydrogen-bond donors (Lipinski definition) is 1. The summed E-state index contributed by atoms with van der Waals surface area (Å²) in [5.41, 5.74) is 7.37. The highest BCUT2D eigenvalue weighted by Gasteiger charge is 2.44. The van der Waals surface area contributed by atoms with Gasteiger partial charge in [-0.1, -0.05) is 23.7 Å². The molecule has 5 rings (SSSR count). The Hall–Kier alpha value is -3.55. The Morgan fingerprint density at radius 2 is 1.76 bits per heavy atom. The van der Waals surface area contributed by atoms with Crippen molar-refractivity contribution in [3.8, 4) is 17.2 Å². The van der Waals surface area contributed by atoms with Gasteiger partial charge in [-0.3, -0.25) is 4.98 Å². The van der Waals surface area contributed by atoms with E-state index in [2.05, 4.69) is 41.6 Å². The SMILES string of the molecule is COc1ccc(OC)c(N2C(=S)N[C@H](c3ccccn3)[C@@H]2c2c(C)c(C)n(-c3cccc(Cl)c3)c2C)c1. The molecular weight excluding hydrogens is 504 g/mol. The maximum atomic E-state index is 6.38. The largest absolute Gasteiger partial charge is 0.497 e. The summed E-state index contributed by atoms with van der Waals surface area (Å²) in [4.78, 5) is 6.84. The molecule has 1 aliphatic heterocycles. The number of aromatic nitrogens is 2. The molecule has 0 aliphatic carbocycles. The molecular formula is C29H29ClN4O2S. The molecule has 3 heterocycles. The number of nitrogens with zero attached hydrogens (tertiary/aromatic N) is 3. The van der Waals surface area contributed by atoms with Crippen molar-refractivity contribution in [2.24, 2.45) is 0 Å². The van der Waals surface area contributed by atoms with E-state index < -0.39 is 0 Å². The average molecular weight is 533 g/mol. The van der Waals surface area contributed by atoms with E-state index in [0.29, 0.717) is 15.9 Å². The molecule has 37 heavy (non-hydrogen) atoms. The normalized spacial score (nSPS) is 17.1. The van der Waals surface area contributed by atoms with E-state index in [4.69, 9.17) is 38.3 Å². The second-order valence-electron chi connectivity index (χ2n) is 9.06. The van der Waals surface area contributed by atoms with Gasteiger partial charge in [0.05, 0.1) is 37.7 Å². The third-order valence-electron chi connectivity index (χ3n) is 7.11. The van der Waals surface area contributed by atoms with Crippen molar-refractivity contribution < 1.29 is 9.47 Å². The molecule has 1 fully saturated rings. The summed E-state index contributed by atoms with van der Waals surface area (Å²) in [6, 6.07) is 19.3. The summed E-state index contributed by atoms with van der Waals surface area (Å²) in [5.74, 6) is 1.43. The Morgan fingerprint density at radius 3 is 2.43 bits per heavy atom. The standard InChI is InChI=1S/C29H29ClN4O2S/c1-17-18(2)33(21-10-8-9-20(30)15-21)19(3)26(17)28-27(23-11-6-7-14-31-23)32-29(37)34(28)24-16-22(35-4)12-13-25(24)36-5/h6-16,27-28H,1-5H3,(H,32,37)/t27-,28+/m1/s1. The van der Waals surface area contributed by atoms with Gasteiger partial charge in [0.1, 0.15) is 11.5 Å². The molecule has 0 unspecified atom stereocenters. The van der Waals surface area contributed by atoms with Crippen molar-refractivity contribution >= 4 is 34.6 Å². The summed E-state index contributed by atoms with van der Waals surface area (Å²) < 4.78 is 13.6. The first kappa shape index (κ1) is 25.1. The smallest absolute Gasteiger partial charge is 0.174 e. The number of halogens is 1. The van der Waals surface area contributed by atoms with E-state index in [-0.39, 0.29) is 12.1 Å². The van der Waals surface area contributed by atoms with Gasteiger partial charge < -0.3 is 24.3 Å². The Morgan fingerprint density at radius 1 is 0.946 bits per heavy atom. The monoisotopic (exact) mass is 532 g/mol. The number of ether oxygens (including phenoxy) is 2. The first-order chi connectivity index (χ1) is 17.8. The van der Waals surface area contributed by atoms with E-state index in [9.17, 15) is 0 Å². The van der Waals surface area contributed by atoms with Crippen LogP contribution in [0.1, 0.15) is 40.3 Å². The minimum atomic E-state index is -0.192. The lowest BCUT2D eigenvalue weighted by molar-refractivity contribution is 0.403. The van der Waals surface area contributed by atoms with Gasteiger partial charge in [-0.2, -0.15) is 0 Å². The second kappa shape index (κ2) is 10.1. The Labute approximate surface area is 227 Å². The Bertz CT molecular complexity index is 1470. The fourth-order valence-corrected chi connectivity index (χ4v) is 5.86. The molecule has 1 aliphatic rings. The van der Waals surface area contributed by atoms with E-state index >= 15 is 0 Å². The lowest BCUT2D eigenvalue weighted by atomic mass is 9.93. The van der Waals surface area contributed by atoms with Crippen LogP contribution in [0, 0.1) is 20.8 Å². The second-order valence-corrected chi connectivity index (χ2v) is 9.88. The molecule has 6 nitrogen and oxygen atoms in total. The minimum Gasteiger partial charge on any atom is -0.497 e. The van der Waals surface area contributed by atoms with Crippen LogP contribution in [0.3, 0.4) is 0 Å². The number of nitrogens with one attached hydrogen (secondary N) is 1. The van der Waals surface area contributed by atoms with Crippen LogP contribution in [-0.4, -0.2) is 28.9 Å². The molecule has 0 bridgehead atoms. The Balaban J connectivity index is 1.76. The molecule has 2 atom stereocenters. The van der Waals surface area contributed by atoms with Gasteiger partial charge in [-0.15, -0.1) is 0 Å². The van der Waals surface area contributed by atoms with Crippen molar-refractivity contribution in [3.63, 3.8) is 0 Å². The van der Waals surface area contributed by atoms with E-state index in [1.54, 1.807) is 14.2 Å². The number of methoxy groups -OCH3 is 2.